The van der Waals surface area contributed by atoms with Crippen LogP contribution in [-0.4, -0.2) is 33.8 Å². The lowest BCUT2D eigenvalue weighted by atomic mass is 10.0. The summed E-state index contributed by atoms with van der Waals surface area (Å²) in [6.45, 7) is 3.86. The summed E-state index contributed by atoms with van der Waals surface area (Å²) in [5, 5.41) is 9.37. The molecule has 4 N–H and O–H groups in total. The number of nitrogens with two attached hydrogens (primary N) is 1. The number of hydrogen-bond acceptors (Lipinski definition) is 3. The van der Waals surface area contributed by atoms with Gasteiger partial charge in [-0.05, 0) is 24.8 Å². The highest BCUT2D eigenvalue weighted by Crippen LogP contribution is 2.51. The third kappa shape index (κ3) is 6.39. The lowest BCUT2D eigenvalue weighted by molar-refractivity contribution is -0.141. The minimum absolute atomic E-state index is 0.201. The molecule has 136 valence electrons. The second-order valence-corrected chi connectivity index (χ2v) is 8.98. The smallest absolute Gasteiger partial charge is 0.307 e. The van der Waals surface area contributed by atoms with Gasteiger partial charge in [-0.1, -0.05) is 57.0 Å². The zero-order valence-corrected chi connectivity index (χ0v) is 15.5. The van der Waals surface area contributed by atoms with E-state index in [4.69, 9.17) is 5.73 Å². The summed E-state index contributed by atoms with van der Waals surface area (Å²) in [4.78, 5) is 22.1. The largest absolute Gasteiger partial charge is 0.481 e. The zero-order valence-electron chi connectivity index (χ0n) is 14.6. The maximum atomic E-state index is 13.0. The number of carboxylic acid groups (broad SMARTS) is 1. The topological polar surface area (TPSA) is 101 Å². The van der Waals surface area contributed by atoms with E-state index in [1.165, 1.54) is 0 Å². The molecular weight excluding hydrogens is 325 g/mol. The van der Waals surface area contributed by atoms with Gasteiger partial charge in [0.05, 0.1) is 11.6 Å². The summed E-state index contributed by atoms with van der Waals surface area (Å²) >= 11 is 0. The maximum absolute atomic E-state index is 13.0. The van der Waals surface area contributed by atoms with Gasteiger partial charge in [0.25, 0.3) is 0 Å². The van der Waals surface area contributed by atoms with E-state index < -0.39 is 31.0 Å². The van der Waals surface area contributed by atoms with E-state index in [-0.39, 0.29) is 6.16 Å². The summed E-state index contributed by atoms with van der Waals surface area (Å²) in [6.07, 6.45) is 2.80. The molecule has 0 spiro atoms. The normalized spacial score (nSPS) is 17.7. The van der Waals surface area contributed by atoms with Gasteiger partial charge in [-0.2, -0.15) is 0 Å². The van der Waals surface area contributed by atoms with Crippen LogP contribution in [-0.2, 0) is 15.8 Å². The third-order valence-electron chi connectivity index (χ3n) is 4.51. The van der Waals surface area contributed by atoms with Crippen LogP contribution in [0.2, 0.25) is 0 Å². The molecule has 0 fully saturated rings. The van der Waals surface area contributed by atoms with Crippen molar-refractivity contribution in [2.24, 2.45) is 11.7 Å². The first-order valence-corrected chi connectivity index (χ1v) is 10.6. The van der Waals surface area contributed by atoms with E-state index in [1.54, 1.807) is 0 Å². The molecule has 0 heterocycles. The van der Waals surface area contributed by atoms with E-state index in [9.17, 15) is 19.4 Å². The molecule has 0 amide bonds. The quantitative estimate of drug-likeness (QED) is 0.528. The molecule has 4 unspecified atom stereocenters. The number of hydrogen-bond donors (Lipinski definition) is 3. The van der Waals surface area contributed by atoms with Gasteiger partial charge in [0.2, 0.25) is 7.37 Å². The highest BCUT2D eigenvalue weighted by Gasteiger charge is 2.38. The van der Waals surface area contributed by atoms with Crippen molar-refractivity contribution < 1.29 is 19.4 Å². The van der Waals surface area contributed by atoms with Gasteiger partial charge in [-0.15, -0.1) is 0 Å². The molecule has 4 atom stereocenters. The van der Waals surface area contributed by atoms with Gasteiger partial charge in [0, 0.05) is 12.2 Å². The van der Waals surface area contributed by atoms with Gasteiger partial charge < -0.3 is 15.7 Å². The lowest BCUT2D eigenvalue weighted by Crippen LogP contribution is -2.37. The summed E-state index contributed by atoms with van der Waals surface area (Å²) in [7, 11) is -3.70. The van der Waals surface area contributed by atoms with Crippen molar-refractivity contribution in [1.82, 2.24) is 0 Å². The molecule has 0 aliphatic rings. The van der Waals surface area contributed by atoms with E-state index in [0.29, 0.717) is 19.3 Å². The number of aliphatic carboxylic acids is 1. The van der Waals surface area contributed by atoms with Crippen LogP contribution in [0.4, 0.5) is 0 Å². The molecule has 0 saturated heterocycles. The van der Waals surface area contributed by atoms with Crippen LogP contribution < -0.4 is 5.73 Å². The number of rotatable bonds is 11. The van der Waals surface area contributed by atoms with Crippen molar-refractivity contribution in [2.45, 2.75) is 57.7 Å². The molecule has 0 saturated carbocycles. The monoisotopic (exact) mass is 355 g/mol. The van der Waals surface area contributed by atoms with Crippen LogP contribution in [0.15, 0.2) is 30.3 Å². The van der Waals surface area contributed by atoms with Crippen LogP contribution in [0.3, 0.4) is 0 Å². The Morgan fingerprint density at radius 2 is 1.88 bits per heavy atom. The minimum atomic E-state index is -3.70. The zero-order chi connectivity index (χ0) is 18.2. The van der Waals surface area contributed by atoms with E-state index in [0.717, 1.165) is 18.4 Å². The predicted molar refractivity (Wildman–Crippen MR) is 97.5 cm³/mol. The van der Waals surface area contributed by atoms with Crippen molar-refractivity contribution in [3.05, 3.63) is 35.9 Å². The van der Waals surface area contributed by atoms with Crippen molar-refractivity contribution in [1.29, 1.82) is 0 Å². The summed E-state index contributed by atoms with van der Waals surface area (Å²) in [5.41, 5.74) is 6.45. The highest BCUT2D eigenvalue weighted by atomic mass is 31.2. The standard InChI is InChI=1S/C18H30NO4P/c1-3-5-11-15(18(20)21)13-24(22,23)17(16(19)4-2)12-14-9-7-6-8-10-14/h6-10,15-17H,3-5,11-13,19H2,1-2H3,(H,20,21)(H,22,23). The molecule has 0 bridgehead atoms. The second-order valence-electron chi connectivity index (χ2n) is 6.44. The molecule has 0 aliphatic carbocycles. The van der Waals surface area contributed by atoms with Gasteiger partial charge >= 0.3 is 5.97 Å². The molecule has 0 radical (unpaired) electrons. The Morgan fingerprint density at radius 3 is 2.38 bits per heavy atom. The molecule has 1 aromatic carbocycles. The second kappa shape index (κ2) is 9.97. The fourth-order valence-corrected chi connectivity index (χ4v) is 5.46. The average Bonchev–Trinajstić information content (AvgIpc) is 2.56. The Kier molecular flexibility index (Phi) is 8.68. The van der Waals surface area contributed by atoms with Crippen molar-refractivity contribution in [3.8, 4) is 0 Å². The first-order chi connectivity index (χ1) is 11.3. The summed E-state index contributed by atoms with van der Waals surface area (Å²) < 4.78 is 13.0. The van der Waals surface area contributed by atoms with Crippen LogP contribution >= 0.6 is 7.37 Å². The maximum Gasteiger partial charge on any atom is 0.307 e. The van der Waals surface area contributed by atoms with Crippen LogP contribution in [0, 0.1) is 5.92 Å². The number of benzene rings is 1. The Hall–Kier alpha value is -1.16. The van der Waals surface area contributed by atoms with E-state index in [2.05, 4.69) is 0 Å². The van der Waals surface area contributed by atoms with Gasteiger partial charge in [0.15, 0.2) is 0 Å². The number of unbranched alkanes of at least 4 members (excludes halogenated alkanes) is 1. The SMILES string of the molecule is CCCCC(CP(=O)(O)C(Cc1ccccc1)C(N)CC)C(=O)O. The predicted octanol–water partition coefficient (Wildman–Crippen LogP) is 3.50. The number of carboxylic acids is 1. The molecule has 24 heavy (non-hydrogen) atoms. The Morgan fingerprint density at radius 1 is 1.25 bits per heavy atom. The summed E-state index contributed by atoms with van der Waals surface area (Å²) in [6, 6.07) is 9.03. The summed E-state index contributed by atoms with van der Waals surface area (Å²) in [5.74, 6) is -1.79. The van der Waals surface area contributed by atoms with Crippen molar-refractivity contribution in [2.75, 3.05) is 6.16 Å². The Labute approximate surface area is 144 Å². The van der Waals surface area contributed by atoms with Gasteiger partial charge in [-0.3, -0.25) is 9.36 Å². The first kappa shape index (κ1) is 20.9. The van der Waals surface area contributed by atoms with E-state index >= 15 is 0 Å². The van der Waals surface area contributed by atoms with E-state index in [1.807, 2.05) is 44.2 Å². The lowest BCUT2D eigenvalue weighted by Gasteiger charge is -2.29. The molecule has 1 rings (SSSR count). The fourth-order valence-electron chi connectivity index (χ4n) is 2.92. The molecule has 0 aromatic heterocycles. The molecular formula is C18H30NO4P. The van der Waals surface area contributed by atoms with Gasteiger partial charge in [0.1, 0.15) is 0 Å². The molecule has 5 nitrogen and oxygen atoms in total. The highest BCUT2D eigenvalue weighted by molar-refractivity contribution is 7.58. The van der Waals surface area contributed by atoms with Gasteiger partial charge in [-0.25, -0.2) is 0 Å². The Bertz CT molecular complexity index is 549. The third-order valence-corrected chi connectivity index (χ3v) is 7.07. The average molecular weight is 355 g/mol. The van der Waals surface area contributed by atoms with Crippen LogP contribution in [0.5, 0.6) is 0 Å². The molecule has 1 aromatic rings. The molecule has 6 heteroatoms. The van der Waals surface area contributed by atoms with Crippen LogP contribution in [0.1, 0.15) is 45.1 Å². The minimum Gasteiger partial charge on any atom is -0.481 e. The van der Waals surface area contributed by atoms with Crippen molar-refractivity contribution >= 4 is 13.3 Å². The Balaban J connectivity index is 2.96. The van der Waals surface area contributed by atoms with Crippen molar-refractivity contribution in [3.63, 3.8) is 0 Å². The molecule has 0 aliphatic heterocycles. The fraction of sp³-hybridized carbons (Fsp3) is 0.611. The first-order valence-electron chi connectivity index (χ1n) is 8.65. The van der Waals surface area contributed by atoms with Crippen LogP contribution in [0.25, 0.3) is 0 Å². The number of carbonyl (C=O) groups is 1.